The molecule has 2 amide bonds. The molecule has 0 unspecified atom stereocenters. The van der Waals surface area contributed by atoms with Crippen LogP contribution < -0.4 is 0 Å². The zero-order valence-electron chi connectivity index (χ0n) is 10.9. The maximum absolute atomic E-state index is 12.3. The summed E-state index contributed by atoms with van der Waals surface area (Å²) < 4.78 is 1.20. The highest BCUT2D eigenvalue weighted by Gasteiger charge is 2.32. The molecule has 0 aliphatic carbocycles. The van der Waals surface area contributed by atoms with Gasteiger partial charge < -0.3 is 0 Å². The number of imide groups is 1. The summed E-state index contributed by atoms with van der Waals surface area (Å²) in [5.41, 5.74) is 0. The lowest BCUT2D eigenvalue weighted by Gasteiger charge is -2.12. The average Bonchev–Trinajstić information content (AvgIpc) is 2.77. The highest BCUT2D eigenvalue weighted by Crippen LogP contribution is 2.35. The van der Waals surface area contributed by atoms with Gasteiger partial charge in [-0.3, -0.25) is 9.59 Å². The van der Waals surface area contributed by atoms with Crippen LogP contribution in [0.1, 0.15) is 0 Å². The number of carbonyl (C=O) groups is 2. The van der Waals surface area contributed by atoms with Crippen molar-refractivity contribution in [2.45, 2.75) is 9.79 Å². The standard InChI is InChI=1S/C16H11NO2S2/c18-15-11-14(20-12-7-3-1-4-8-12)16(19)17(15)21-13-9-5-2-6-10-13/h1-11H. The molecule has 2 aromatic rings. The van der Waals surface area contributed by atoms with Gasteiger partial charge in [0.1, 0.15) is 0 Å². The molecule has 2 aromatic carbocycles. The number of rotatable bonds is 4. The number of nitrogens with zero attached hydrogens (tertiary/aromatic N) is 1. The van der Waals surface area contributed by atoms with Crippen LogP contribution in [0.25, 0.3) is 0 Å². The van der Waals surface area contributed by atoms with Crippen molar-refractivity contribution in [1.29, 1.82) is 0 Å². The predicted octanol–water partition coefficient (Wildman–Crippen LogP) is 3.74. The SMILES string of the molecule is O=C1C=C(Sc2ccccc2)C(=O)N1Sc1ccccc1. The maximum atomic E-state index is 12.3. The van der Waals surface area contributed by atoms with Gasteiger partial charge in [-0.05, 0) is 36.2 Å². The van der Waals surface area contributed by atoms with E-state index in [4.69, 9.17) is 0 Å². The van der Waals surface area contributed by atoms with Crippen molar-refractivity contribution in [3.05, 3.63) is 71.6 Å². The van der Waals surface area contributed by atoms with E-state index in [1.54, 1.807) is 0 Å². The van der Waals surface area contributed by atoms with Crippen LogP contribution in [0.2, 0.25) is 0 Å². The molecule has 0 spiro atoms. The Morgan fingerprint density at radius 2 is 1.33 bits per heavy atom. The van der Waals surface area contributed by atoms with Gasteiger partial charge in [-0.2, -0.15) is 0 Å². The van der Waals surface area contributed by atoms with Crippen molar-refractivity contribution < 1.29 is 9.59 Å². The predicted molar refractivity (Wildman–Crippen MR) is 84.5 cm³/mol. The molecule has 104 valence electrons. The fourth-order valence-corrected chi connectivity index (χ4v) is 3.55. The highest BCUT2D eigenvalue weighted by molar-refractivity contribution is 8.04. The third-order valence-electron chi connectivity index (χ3n) is 2.76. The molecule has 21 heavy (non-hydrogen) atoms. The van der Waals surface area contributed by atoms with E-state index in [1.165, 1.54) is 22.1 Å². The Labute approximate surface area is 131 Å². The van der Waals surface area contributed by atoms with Crippen molar-refractivity contribution in [1.82, 2.24) is 4.31 Å². The summed E-state index contributed by atoms with van der Waals surface area (Å²) in [7, 11) is 0. The molecule has 1 aliphatic rings. The Balaban J connectivity index is 1.73. The van der Waals surface area contributed by atoms with Crippen molar-refractivity contribution in [3.63, 3.8) is 0 Å². The second-order valence-corrected chi connectivity index (χ2v) is 6.40. The molecule has 0 fully saturated rings. The largest absolute Gasteiger partial charge is 0.278 e. The number of hydrogen-bond donors (Lipinski definition) is 0. The minimum Gasteiger partial charge on any atom is -0.268 e. The van der Waals surface area contributed by atoms with Gasteiger partial charge in [-0.25, -0.2) is 4.31 Å². The topological polar surface area (TPSA) is 37.4 Å². The summed E-state index contributed by atoms with van der Waals surface area (Å²) in [4.78, 5) is 26.6. The molecule has 1 aliphatic heterocycles. The van der Waals surface area contributed by atoms with Crippen LogP contribution in [0, 0.1) is 0 Å². The van der Waals surface area contributed by atoms with Gasteiger partial charge >= 0.3 is 0 Å². The Morgan fingerprint density at radius 3 is 1.95 bits per heavy atom. The third-order valence-corrected chi connectivity index (χ3v) is 4.79. The lowest BCUT2D eigenvalue weighted by molar-refractivity contribution is -0.130. The van der Waals surface area contributed by atoms with E-state index >= 15 is 0 Å². The molecular weight excluding hydrogens is 302 g/mol. The van der Waals surface area contributed by atoms with Crippen molar-refractivity contribution >= 4 is 35.5 Å². The second-order valence-electron chi connectivity index (χ2n) is 4.27. The van der Waals surface area contributed by atoms with E-state index in [9.17, 15) is 9.59 Å². The van der Waals surface area contributed by atoms with Crippen molar-refractivity contribution in [2.24, 2.45) is 0 Å². The smallest absolute Gasteiger partial charge is 0.268 e. The van der Waals surface area contributed by atoms with Crippen LogP contribution in [0.3, 0.4) is 0 Å². The molecule has 3 nitrogen and oxygen atoms in total. The fourth-order valence-electron chi connectivity index (χ4n) is 1.79. The molecule has 0 saturated carbocycles. The quantitative estimate of drug-likeness (QED) is 0.636. The first-order valence-electron chi connectivity index (χ1n) is 6.30. The third kappa shape index (κ3) is 3.20. The van der Waals surface area contributed by atoms with E-state index in [0.717, 1.165) is 21.7 Å². The first-order chi connectivity index (χ1) is 10.2. The van der Waals surface area contributed by atoms with Crippen LogP contribution in [0.4, 0.5) is 0 Å². The van der Waals surface area contributed by atoms with Gasteiger partial charge in [-0.15, -0.1) is 0 Å². The van der Waals surface area contributed by atoms with Crippen molar-refractivity contribution in [3.8, 4) is 0 Å². The number of hydrogen-bond acceptors (Lipinski definition) is 4. The molecule has 0 atom stereocenters. The molecule has 5 heteroatoms. The first kappa shape index (κ1) is 14.0. The lowest BCUT2D eigenvalue weighted by atomic mass is 10.4. The summed E-state index contributed by atoms with van der Waals surface area (Å²) in [5, 5.41) is 0. The number of carbonyl (C=O) groups excluding carboxylic acids is 2. The van der Waals surface area contributed by atoms with Gasteiger partial charge in [-0.1, -0.05) is 48.2 Å². The Morgan fingerprint density at radius 1 is 0.762 bits per heavy atom. The van der Waals surface area contributed by atoms with Crippen LogP contribution in [-0.2, 0) is 9.59 Å². The van der Waals surface area contributed by atoms with Gasteiger partial charge in [0.25, 0.3) is 11.8 Å². The van der Waals surface area contributed by atoms with Crippen LogP contribution in [-0.4, -0.2) is 16.1 Å². The Kier molecular flexibility index (Phi) is 4.13. The van der Waals surface area contributed by atoms with Crippen LogP contribution in [0.15, 0.2) is 81.4 Å². The lowest BCUT2D eigenvalue weighted by Crippen LogP contribution is -2.23. The van der Waals surface area contributed by atoms with Crippen LogP contribution in [0.5, 0.6) is 0 Å². The van der Waals surface area contributed by atoms with E-state index in [2.05, 4.69) is 0 Å². The molecule has 0 bridgehead atoms. The van der Waals surface area contributed by atoms with Gasteiger partial charge in [0.2, 0.25) is 0 Å². The summed E-state index contributed by atoms with van der Waals surface area (Å²) >= 11 is 2.46. The summed E-state index contributed by atoms with van der Waals surface area (Å²) in [6.07, 6.45) is 1.40. The van der Waals surface area contributed by atoms with Crippen molar-refractivity contribution in [2.75, 3.05) is 0 Å². The zero-order chi connectivity index (χ0) is 14.7. The molecule has 0 aromatic heterocycles. The van der Waals surface area contributed by atoms with Gasteiger partial charge in [0, 0.05) is 15.9 Å². The summed E-state index contributed by atoms with van der Waals surface area (Å²) in [6, 6.07) is 18.9. The number of amides is 2. The minimum absolute atomic E-state index is 0.261. The molecular formula is C16H11NO2S2. The molecule has 1 heterocycles. The number of benzene rings is 2. The molecule has 0 saturated heterocycles. The number of thioether (sulfide) groups is 1. The monoisotopic (exact) mass is 313 g/mol. The van der Waals surface area contributed by atoms with Crippen LogP contribution >= 0.6 is 23.7 Å². The summed E-state index contributed by atoms with van der Waals surface area (Å²) in [5.74, 6) is -0.546. The van der Waals surface area contributed by atoms with Gasteiger partial charge in [0.15, 0.2) is 0 Å². The van der Waals surface area contributed by atoms with Gasteiger partial charge in [0.05, 0.1) is 4.91 Å². The molecule has 0 N–H and O–H groups in total. The Hall–Kier alpha value is -1.98. The summed E-state index contributed by atoms with van der Waals surface area (Å²) in [6.45, 7) is 0. The van der Waals surface area contributed by atoms with E-state index in [-0.39, 0.29) is 11.8 Å². The zero-order valence-corrected chi connectivity index (χ0v) is 12.6. The normalized spacial score (nSPS) is 14.5. The molecule has 0 radical (unpaired) electrons. The second kappa shape index (κ2) is 6.20. The maximum Gasteiger partial charge on any atom is 0.278 e. The van der Waals surface area contributed by atoms with E-state index in [0.29, 0.717) is 4.91 Å². The fraction of sp³-hybridized carbons (Fsp3) is 0. The Bertz CT molecular complexity index is 699. The molecule has 3 rings (SSSR count). The van der Waals surface area contributed by atoms with E-state index < -0.39 is 0 Å². The first-order valence-corrected chi connectivity index (χ1v) is 7.89. The average molecular weight is 313 g/mol. The minimum atomic E-state index is -0.285. The highest BCUT2D eigenvalue weighted by atomic mass is 32.2. The van der Waals surface area contributed by atoms with E-state index in [1.807, 2.05) is 60.7 Å².